The van der Waals surface area contributed by atoms with Crippen LogP contribution in [0.1, 0.15) is 24.1 Å². The van der Waals surface area contributed by atoms with Crippen molar-refractivity contribution in [1.29, 1.82) is 0 Å². The Kier molecular flexibility index (Phi) is 6.41. The lowest BCUT2D eigenvalue weighted by atomic mass is 10.1. The van der Waals surface area contributed by atoms with Gasteiger partial charge >= 0.3 is 0 Å². The summed E-state index contributed by atoms with van der Waals surface area (Å²) in [5.74, 6) is -0.163. The Bertz CT molecular complexity index is 914. The van der Waals surface area contributed by atoms with Crippen molar-refractivity contribution in [1.82, 2.24) is 15.5 Å². The van der Waals surface area contributed by atoms with Crippen LogP contribution in [0.3, 0.4) is 0 Å². The van der Waals surface area contributed by atoms with Crippen LogP contribution in [0.4, 0.5) is 15.2 Å². The van der Waals surface area contributed by atoms with Gasteiger partial charge in [0.2, 0.25) is 11.0 Å². The average Bonchev–Trinajstić information content (AvgIpc) is 3.08. The summed E-state index contributed by atoms with van der Waals surface area (Å²) in [6, 6.07) is 13.9. The van der Waals surface area contributed by atoms with Gasteiger partial charge < -0.3 is 10.6 Å². The maximum atomic E-state index is 13.0. The Balaban J connectivity index is 1.49. The minimum Gasteiger partial charge on any atom is -0.349 e. The third-order valence-corrected chi connectivity index (χ3v) is 5.72. The van der Waals surface area contributed by atoms with Crippen LogP contribution in [0, 0.1) is 12.7 Å². The second-order valence-corrected chi connectivity index (χ2v) is 8.20. The molecule has 3 aromatic rings. The highest BCUT2D eigenvalue weighted by atomic mass is 32.2. The molecule has 1 heterocycles. The van der Waals surface area contributed by atoms with Gasteiger partial charge in [0.15, 0.2) is 4.34 Å². The lowest BCUT2D eigenvalue weighted by Crippen LogP contribution is -2.28. The van der Waals surface area contributed by atoms with Gasteiger partial charge in [-0.2, -0.15) is 0 Å². The minimum atomic E-state index is -0.292. The van der Waals surface area contributed by atoms with E-state index in [1.54, 1.807) is 12.1 Å². The molecule has 0 unspecified atom stereocenters. The molecule has 0 fully saturated rings. The zero-order valence-corrected chi connectivity index (χ0v) is 16.5. The van der Waals surface area contributed by atoms with Crippen LogP contribution in [0.25, 0.3) is 0 Å². The van der Waals surface area contributed by atoms with Crippen molar-refractivity contribution >= 4 is 39.8 Å². The van der Waals surface area contributed by atoms with E-state index in [9.17, 15) is 9.18 Å². The van der Waals surface area contributed by atoms with Gasteiger partial charge in [-0.05, 0) is 49.2 Å². The van der Waals surface area contributed by atoms with E-state index in [-0.39, 0.29) is 23.5 Å². The average molecular weight is 403 g/mol. The number of hydrogen-bond donors (Lipinski definition) is 2. The summed E-state index contributed by atoms with van der Waals surface area (Å²) in [6.45, 7) is 3.89. The highest BCUT2D eigenvalue weighted by Gasteiger charge is 2.12. The molecule has 0 spiro atoms. The SMILES string of the molecule is Cc1cccc(Nc2nnc(SCC(=O)N[C@H](C)c3ccc(F)cc3)s2)c1. The van der Waals surface area contributed by atoms with Gasteiger partial charge in [-0.25, -0.2) is 4.39 Å². The quantitative estimate of drug-likeness (QED) is 0.561. The number of hydrogen-bond acceptors (Lipinski definition) is 6. The van der Waals surface area contributed by atoms with E-state index >= 15 is 0 Å². The normalized spacial score (nSPS) is 11.8. The van der Waals surface area contributed by atoms with Crippen LogP contribution < -0.4 is 10.6 Å². The molecule has 5 nitrogen and oxygen atoms in total. The zero-order chi connectivity index (χ0) is 19.2. The second-order valence-electron chi connectivity index (χ2n) is 6.00. The predicted octanol–water partition coefficient (Wildman–Crippen LogP) is 4.70. The molecule has 2 aromatic carbocycles. The Morgan fingerprint density at radius 3 is 2.74 bits per heavy atom. The number of carbonyl (C=O) groups excluding carboxylic acids is 1. The van der Waals surface area contributed by atoms with Gasteiger partial charge in [-0.15, -0.1) is 10.2 Å². The summed E-state index contributed by atoms with van der Waals surface area (Å²) in [7, 11) is 0. The number of rotatable bonds is 7. The standard InChI is InChI=1S/C19H19FN4OS2/c1-12-4-3-5-16(10-12)22-18-23-24-19(27-18)26-11-17(25)21-13(2)14-6-8-15(20)9-7-14/h3-10,13H,11H2,1-2H3,(H,21,25)(H,22,23)/t13-/m1/s1. The molecular formula is C19H19FN4OS2. The number of halogens is 1. The highest BCUT2D eigenvalue weighted by molar-refractivity contribution is 8.01. The molecule has 0 saturated carbocycles. The molecule has 0 saturated heterocycles. The van der Waals surface area contributed by atoms with Crippen LogP contribution in [0.15, 0.2) is 52.9 Å². The number of nitrogens with one attached hydrogen (secondary N) is 2. The Hall–Kier alpha value is -2.45. The van der Waals surface area contributed by atoms with Crippen molar-refractivity contribution in [2.45, 2.75) is 24.2 Å². The van der Waals surface area contributed by atoms with E-state index in [4.69, 9.17) is 0 Å². The fourth-order valence-corrected chi connectivity index (χ4v) is 3.99. The number of nitrogens with zero attached hydrogens (tertiary/aromatic N) is 2. The summed E-state index contributed by atoms with van der Waals surface area (Å²) in [5.41, 5.74) is 2.97. The van der Waals surface area contributed by atoms with Gasteiger partial charge in [-0.1, -0.05) is 47.4 Å². The number of aryl methyl sites for hydroxylation is 1. The fraction of sp³-hybridized carbons (Fsp3) is 0.211. The number of carbonyl (C=O) groups is 1. The maximum absolute atomic E-state index is 13.0. The summed E-state index contributed by atoms with van der Waals surface area (Å²) < 4.78 is 13.7. The minimum absolute atomic E-state index is 0.111. The third kappa shape index (κ3) is 5.77. The van der Waals surface area contributed by atoms with Crippen molar-refractivity contribution in [3.05, 3.63) is 65.5 Å². The van der Waals surface area contributed by atoms with Crippen LogP contribution in [0.5, 0.6) is 0 Å². The summed E-state index contributed by atoms with van der Waals surface area (Å²) in [4.78, 5) is 12.1. The number of thioether (sulfide) groups is 1. The van der Waals surface area contributed by atoms with Gasteiger partial charge in [0.25, 0.3) is 0 Å². The summed E-state index contributed by atoms with van der Waals surface area (Å²) >= 11 is 2.74. The van der Waals surface area contributed by atoms with Crippen LogP contribution >= 0.6 is 23.1 Å². The first-order valence-corrected chi connectivity index (χ1v) is 10.1. The molecular weight excluding hydrogens is 383 g/mol. The van der Waals surface area contributed by atoms with Crippen molar-refractivity contribution in [2.24, 2.45) is 0 Å². The van der Waals surface area contributed by atoms with Gasteiger partial charge in [0, 0.05) is 5.69 Å². The van der Waals surface area contributed by atoms with Crippen molar-refractivity contribution in [2.75, 3.05) is 11.1 Å². The molecule has 1 aromatic heterocycles. The molecule has 3 rings (SSSR count). The molecule has 2 N–H and O–H groups in total. The molecule has 1 atom stereocenters. The maximum Gasteiger partial charge on any atom is 0.230 e. The molecule has 0 aliphatic heterocycles. The van der Waals surface area contributed by atoms with Gasteiger partial charge in [-0.3, -0.25) is 4.79 Å². The molecule has 8 heteroatoms. The van der Waals surface area contributed by atoms with Crippen molar-refractivity contribution < 1.29 is 9.18 Å². The van der Waals surface area contributed by atoms with Crippen molar-refractivity contribution in [3.8, 4) is 0 Å². The molecule has 0 radical (unpaired) electrons. The predicted molar refractivity (Wildman–Crippen MR) is 108 cm³/mol. The first-order valence-electron chi connectivity index (χ1n) is 8.34. The number of amides is 1. The molecule has 0 aliphatic rings. The molecule has 1 amide bonds. The number of anilines is 2. The topological polar surface area (TPSA) is 66.9 Å². The Labute approximate surface area is 165 Å². The van der Waals surface area contributed by atoms with Gasteiger partial charge in [0.05, 0.1) is 11.8 Å². The lowest BCUT2D eigenvalue weighted by molar-refractivity contribution is -0.119. The monoisotopic (exact) mass is 402 g/mol. The number of aromatic nitrogens is 2. The second kappa shape index (κ2) is 8.96. The molecule has 0 bridgehead atoms. The summed E-state index contributed by atoms with van der Waals surface area (Å²) in [5, 5.41) is 15.0. The van der Waals surface area contributed by atoms with Crippen molar-refractivity contribution in [3.63, 3.8) is 0 Å². The van der Waals surface area contributed by atoms with E-state index in [0.717, 1.165) is 21.2 Å². The van der Waals surface area contributed by atoms with E-state index < -0.39 is 0 Å². The Morgan fingerprint density at radius 1 is 1.22 bits per heavy atom. The lowest BCUT2D eigenvalue weighted by Gasteiger charge is -2.13. The van der Waals surface area contributed by atoms with E-state index in [1.165, 1.54) is 35.2 Å². The first kappa shape index (κ1) is 19.3. The van der Waals surface area contributed by atoms with E-state index in [2.05, 4.69) is 20.8 Å². The molecule has 27 heavy (non-hydrogen) atoms. The summed E-state index contributed by atoms with van der Waals surface area (Å²) in [6.07, 6.45) is 0. The smallest absolute Gasteiger partial charge is 0.230 e. The van der Waals surface area contributed by atoms with E-state index in [0.29, 0.717) is 5.13 Å². The highest BCUT2D eigenvalue weighted by Crippen LogP contribution is 2.28. The van der Waals surface area contributed by atoms with Crippen LogP contribution in [-0.2, 0) is 4.79 Å². The van der Waals surface area contributed by atoms with E-state index in [1.807, 2.05) is 38.1 Å². The molecule has 140 valence electrons. The third-order valence-electron chi connectivity index (χ3n) is 3.75. The van der Waals surface area contributed by atoms with Crippen LogP contribution in [0.2, 0.25) is 0 Å². The zero-order valence-electron chi connectivity index (χ0n) is 14.9. The molecule has 0 aliphatic carbocycles. The fourth-order valence-electron chi connectivity index (χ4n) is 2.41. The number of benzene rings is 2. The first-order chi connectivity index (χ1) is 13.0. The Morgan fingerprint density at radius 2 is 2.00 bits per heavy atom. The largest absolute Gasteiger partial charge is 0.349 e. The van der Waals surface area contributed by atoms with Gasteiger partial charge in [0.1, 0.15) is 5.82 Å². The van der Waals surface area contributed by atoms with Crippen LogP contribution in [-0.4, -0.2) is 21.9 Å².